The lowest BCUT2D eigenvalue weighted by Crippen LogP contribution is -2.32. The van der Waals surface area contributed by atoms with Crippen molar-refractivity contribution in [3.05, 3.63) is 66.1 Å². The number of aromatic nitrogens is 2. The maximum absolute atomic E-state index is 12.8. The lowest BCUT2D eigenvalue weighted by atomic mass is 10.1. The van der Waals surface area contributed by atoms with E-state index in [0.29, 0.717) is 5.69 Å². The summed E-state index contributed by atoms with van der Waals surface area (Å²) in [6.07, 6.45) is -4.54. The van der Waals surface area contributed by atoms with Crippen molar-refractivity contribution >= 4 is 21.4 Å². The second kappa shape index (κ2) is 8.27. The fraction of sp³-hybridized carbons (Fsp3) is 0.211. The molecule has 0 unspecified atom stereocenters. The molecule has 0 fully saturated rings. The second-order valence-electron chi connectivity index (χ2n) is 6.41. The van der Waals surface area contributed by atoms with Crippen molar-refractivity contribution in [2.75, 3.05) is 17.7 Å². The number of rotatable bonds is 6. The molecule has 0 aliphatic heterocycles. The van der Waals surface area contributed by atoms with Gasteiger partial charge in [-0.3, -0.25) is 4.79 Å². The molecule has 1 heterocycles. The summed E-state index contributed by atoms with van der Waals surface area (Å²) in [4.78, 5) is 17.3. The summed E-state index contributed by atoms with van der Waals surface area (Å²) in [5.41, 5.74) is -0.340. The first-order chi connectivity index (χ1) is 14.0. The van der Waals surface area contributed by atoms with Crippen LogP contribution in [0.3, 0.4) is 0 Å². The lowest BCUT2D eigenvalue weighted by molar-refractivity contribution is -0.137. The standard InChI is InChI=1S/C19H16F3N3O4S/c1-25(15-8-3-2-4-9-15)17(26)12-30(27,28)11-16-23-18(24-29-16)13-6-5-7-14(10-13)19(20,21)22/h2-10H,11-12H2,1H3. The topological polar surface area (TPSA) is 93.4 Å². The van der Waals surface area contributed by atoms with E-state index < -0.39 is 39.0 Å². The third-order valence-corrected chi connectivity index (χ3v) is 5.49. The Bertz CT molecular complexity index is 1150. The molecule has 3 rings (SSSR count). The molecule has 0 spiro atoms. The Morgan fingerprint density at radius 2 is 1.80 bits per heavy atom. The average Bonchev–Trinajstić information content (AvgIpc) is 3.14. The lowest BCUT2D eigenvalue weighted by Gasteiger charge is -2.16. The third kappa shape index (κ3) is 5.23. The van der Waals surface area contributed by atoms with Crippen LogP contribution in [0.15, 0.2) is 59.1 Å². The number of carbonyl (C=O) groups excluding carboxylic acids is 1. The van der Waals surface area contributed by atoms with Crippen LogP contribution in [-0.4, -0.2) is 37.3 Å². The van der Waals surface area contributed by atoms with Crippen molar-refractivity contribution < 1.29 is 30.9 Å². The highest BCUT2D eigenvalue weighted by molar-refractivity contribution is 7.91. The first-order valence-corrected chi connectivity index (χ1v) is 10.4. The van der Waals surface area contributed by atoms with Crippen LogP contribution in [0.5, 0.6) is 0 Å². The van der Waals surface area contributed by atoms with Gasteiger partial charge in [-0.25, -0.2) is 8.42 Å². The maximum Gasteiger partial charge on any atom is 0.416 e. The second-order valence-corrected chi connectivity index (χ2v) is 8.48. The van der Waals surface area contributed by atoms with E-state index in [-0.39, 0.29) is 17.3 Å². The molecule has 7 nitrogen and oxygen atoms in total. The Kier molecular flexibility index (Phi) is 5.92. The number of nitrogens with zero attached hydrogens (tertiary/aromatic N) is 3. The van der Waals surface area contributed by atoms with Crippen LogP contribution >= 0.6 is 0 Å². The number of hydrogen-bond donors (Lipinski definition) is 0. The van der Waals surface area contributed by atoms with Crippen molar-refractivity contribution in [2.24, 2.45) is 0 Å². The normalized spacial score (nSPS) is 12.0. The van der Waals surface area contributed by atoms with E-state index in [1.807, 2.05) is 0 Å². The van der Waals surface area contributed by atoms with Crippen LogP contribution in [0.25, 0.3) is 11.4 Å². The maximum atomic E-state index is 12.8. The van der Waals surface area contributed by atoms with Gasteiger partial charge in [0.15, 0.2) is 9.84 Å². The van der Waals surface area contributed by atoms with E-state index >= 15 is 0 Å². The average molecular weight is 439 g/mol. The summed E-state index contributed by atoms with van der Waals surface area (Å²) in [6.45, 7) is 0. The van der Waals surface area contributed by atoms with Crippen molar-refractivity contribution in [2.45, 2.75) is 11.9 Å². The molecule has 0 N–H and O–H groups in total. The monoisotopic (exact) mass is 439 g/mol. The zero-order chi connectivity index (χ0) is 21.9. The van der Waals surface area contributed by atoms with Gasteiger partial charge in [0.2, 0.25) is 17.6 Å². The Balaban J connectivity index is 1.71. The van der Waals surface area contributed by atoms with E-state index in [1.165, 1.54) is 24.1 Å². The van der Waals surface area contributed by atoms with Gasteiger partial charge in [0.05, 0.1) is 5.56 Å². The zero-order valence-electron chi connectivity index (χ0n) is 15.6. The minimum atomic E-state index is -4.54. The molecule has 0 atom stereocenters. The summed E-state index contributed by atoms with van der Waals surface area (Å²) in [7, 11) is -2.50. The molecule has 0 aliphatic carbocycles. The van der Waals surface area contributed by atoms with Gasteiger partial charge in [-0.15, -0.1) is 0 Å². The van der Waals surface area contributed by atoms with Crippen LogP contribution in [0.4, 0.5) is 18.9 Å². The number of anilines is 1. The Hall–Kier alpha value is -3.21. The van der Waals surface area contributed by atoms with Crippen LogP contribution in [-0.2, 0) is 26.6 Å². The van der Waals surface area contributed by atoms with Gasteiger partial charge >= 0.3 is 6.18 Å². The van der Waals surface area contributed by atoms with Crippen molar-refractivity contribution in [1.82, 2.24) is 10.1 Å². The van der Waals surface area contributed by atoms with Crippen molar-refractivity contribution in [3.63, 3.8) is 0 Å². The Morgan fingerprint density at radius 3 is 2.47 bits per heavy atom. The predicted molar refractivity (Wildman–Crippen MR) is 102 cm³/mol. The first-order valence-electron chi connectivity index (χ1n) is 8.57. The van der Waals surface area contributed by atoms with E-state index in [2.05, 4.69) is 10.1 Å². The van der Waals surface area contributed by atoms with Gasteiger partial charge < -0.3 is 9.42 Å². The highest BCUT2D eigenvalue weighted by Crippen LogP contribution is 2.31. The van der Waals surface area contributed by atoms with E-state index in [0.717, 1.165) is 12.1 Å². The van der Waals surface area contributed by atoms with E-state index in [4.69, 9.17) is 4.52 Å². The molecule has 1 aromatic heterocycles. The number of para-hydroxylation sites is 1. The number of halogens is 3. The molecule has 0 radical (unpaired) electrons. The summed E-state index contributed by atoms with van der Waals surface area (Å²) in [5.74, 6) is -2.66. The number of hydrogen-bond acceptors (Lipinski definition) is 6. The zero-order valence-corrected chi connectivity index (χ0v) is 16.4. The molecular formula is C19H16F3N3O4S. The summed E-state index contributed by atoms with van der Waals surface area (Å²) >= 11 is 0. The number of carbonyl (C=O) groups is 1. The quantitative estimate of drug-likeness (QED) is 0.585. The fourth-order valence-electron chi connectivity index (χ4n) is 2.59. The first kappa shape index (κ1) is 21.5. The summed E-state index contributed by atoms with van der Waals surface area (Å²) < 4.78 is 68.1. The number of sulfone groups is 1. The molecular weight excluding hydrogens is 423 g/mol. The molecule has 0 aliphatic rings. The van der Waals surface area contributed by atoms with Crippen molar-refractivity contribution in [1.29, 1.82) is 0 Å². The van der Waals surface area contributed by atoms with Gasteiger partial charge in [0.25, 0.3) is 0 Å². The van der Waals surface area contributed by atoms with Gasteiger partial charge in [0, 0.05) is 18.3 Å². The minimum Gasteiger partial charge on any atom is -0.338 e. The molecule has 30 heavy (non-hydrogen) atoms. The highest BCUT2D eigenvalue weighted by Gasteiger charge is 2.31. The number of benzene rings is 2. The Morgan fingerprint density at radius 1 is 1.10 bits per heavy atom. The number of amides is 1. The van der Waals surface area contributed by atoms with Crippen LogP contribution in [0.2, 0.25) is 0 Å². The van der Waals surface area contributed by atoms with E-state index in [1.54, 1.807) is 30.3 Å². The largest absolute Gasteiger partial charge is 0.416 e. The summed E-state index contributed by atoms with van der Waals surface area (Å²) in [5, 5.41) is 3.54. The van der Waals surface area contributed by atoms with Gasteiger partial charge in [-0.1, -0.05) is 35.5 Å². The fourth-order valence-corrected chi connectivity index (χ4v) is 3.75. The molecule has 2 aromatic carbocycles. The van der Waals surface area contributed by atoms with Gasteiger partial charge in [-0.2, -0.15) is 18.2 Å². The summed E-state index contributed by atoms with van der Waals surface area (Å²) in [6, 6.07) is 12.7. The SMILES string of the molecule is CN(C(=O)CS(=O)(=O)Cc1nc(-c2cccc(C(F)(F)F)c2)no1)c1ccccc1. The van der Waals surface area contributed by atoms with Crippen LogP contribution in [0.1, 0.15) is 11.5 Å². The number of alkyl halides is 3. The minimum absolute atomic E-state index is 0.0251. The smallest absolute Gasteiger partial charge is 0.338 e. The molecule has 0 bridgehead atoms. The molecule has 1 amide bonds. The molecule has 0 saturated heterocycles. The molecule has 11 heteroatoms. The van der Waals surface area contributed by atoms with Crippen LogP contribution in [0, 0.1) is 0 Å². The molecule has 3 aromatic rings. The van der Waals surface area contributed by atoms with Crippen LogP contribution < -0.4 is 4.90 Å². The predicted octanol–water partition coefficient (Wildman–Crippen LogP) is 3.33. The van der Waals surface area contributed by atoms with Gasteiger partial charge in [-0.05, 0) is 24.3 Å². The highest BCUT2D eigenvalue weighted by atomic mass is 32.2. The van der Waals surface area contributed by atoms with Gasteiger partial charge in [0.1, 0.15) is 11.5 Å². The molecule has 0 saturated carbocycles. The molecule has 158 valence electrons. The Labute approximate surface area is 170 Å². The van der Waals surface area contributed by atoms with E-state index in [9.17, 15) is 26.4 Å². The van der Waals surface area contributed by atoms with Crippen molar-refractivity contribution in [3.8, 4) is 11.4 Å². The third-order valence-electron chi connectivity index (χ3n) is 4.12.